The van der Waals surface area contributed by atoms with Crippen LogP contribution in [-0.4, -0.2) is 41.1 Å². The number of hydrogen-bond donors (Lipinski definition) is 4. The zero-order chi connectivity index (χ0) is 13.3. The van der Waals surface area contributed by atoms with Gasteiger partial charge in [0.25, 0.3) is 0 Å². The van der Waals surface area contributed by atoms with Gasteiger partial charge in [-0.15, -0.1) is 0 Å². The maximum Gasteiger partial charge on any atom is 0.320 e. The lowest BCUT2D eigenvalue weighted by Gasteiger charge is -2.22. The Hall–Kier alpha value is -1.30. The topological polar surface area (TPSA) is 116 Å². The Morgan fingerprint density at radius 2 is 1.94 bits per heavy atom. The summed E-state index contributed by atoms with van der Waals surface area (Å²) in [5, 5.41) is 16.0. The number of nitrogens with zero attached hydrogens (tertiary/aromatic N) is 1. The molecule has 0 aliphatic heterocycles. The standard InChI is InChI=1S/C11H24N4O2/c1-2-3-4-7-15(11(13)14)8-5-6-9(12)10(16)17/h9H,2-8,12H2,1H3,(H3,13,14)(H,16,17)/t9-/m0/s1. The molecule has 0 unspecified atom stereocenters. The minimum Gasteiger partial charge on any atom is -0.480 e. The molecule has 0 aromatic carbocycles. The van der Waals surface area contributed by atoms with Crippen LogP contribution in [0.15, 0.2) is 0 Å². The highest BCUT2D eigenvalue weighted by Crippen LogP contribution is 2.02. The predicted molar refractivity (Wildman–Crippen MR) is 67.9 cm³/mol. The number of hydrogen-bond acceptors (Lipinski definition) is 3. The second-order valence-corrected chi connectivity index (χ2v) is 4.17. The fraction of sp³-hybridized carbons (Fsp3) is 0.818. The van der Waals surface area contributed by atoms with Crippen molar-refractivity contribution in [1.82, 2.24) is 4.90 Å². The molecule has 1 atom stereocenters. The maximum absolute atomic E-state index is 10.5. The molecule has 0 saturated heterocycles. The third-order valence-corrected chi connectivity index (χ3v) is 2.63. The van der Waals surface area contributed by atoms with Crippen LogP contribution in [0.3, 0.4) is 0 Å². The number of nitrogens with two attached hydrogens (primary N) is 2. The maximum atomic E-state index is 10.5. The molecule has 0 aromatic heterocycles. The van der Waals surface area contributed by atoms with Crippen molar-refractivity contribution in [2.24, 2.45) is 11.5 Å². The Morgan fingerprint density at radius 1 is 1.35 bits per heavy atom. The quantitative estimate of drug-likeness (QED) is 0.269. The minimum absolute atomic E-state index is 0.0463. The van der Waals surface area contributed by atoms with E-state index in [1.807, 2.05) is 0 Å². The van der Waals surface area contributed by atoms with Crippen LogP contribution in [0.4, 0.5) is 0 Å². The number of aliphatic carboxylic acids is 1. The highest BCUT2D eigenvalue weighted by atomic mass is 16.4. The average Bonchev–Trinajstić information content (AvgIpc) is 2.26. The Kier molecular flexibility index (Phi) is 8.13. The molecule has 17 heavy (non-hydrogen) atoms. The van der Waals surface area contributed by atoms with Gasteiger partial charge in [0.15, 0.2) is 5.96 Å². The van der Waals surface area contributed by atoms with Crippen molar-refractivity contribution in [3.63, 3.8) is 0 Å². The number of carbonyl (C=O) groups is 1. The second-order valence-electron chi connectivity index (χ2n) is 4.17. The molecule has 6 N–H and O–H groups in total. The van der Waals surface area contributed by atoms with Crippen molar-refractivity contribution in [2.45, 2.75) is 45.1 Å². The van der Waals surface area contributed by atoms with E-state index >= 15 is 0 Å². The van der Waals surface area contributed by atoms with Crippen molar-refractivity contribution >= 4 is 11.9 Å². The highest BCUT2D eigenvalue weighted by molar-refractivity contribution is 5.74. The van der Waals surface area contributed by atoms with Crippen LogP contribution in [0, 0.1) is 5.41 Å². The lowest BCUT2D eigenvalue weighted by molar-refractivity contribution is -0.138. The van der Waals surface area contributed by atoms with E-state index in [0.29, 0.717) is 19.4 Å². The summed E-state index contributed by atoms with van der Waals surface area (Å²) in [6.07, 6.45) is 4.28. The van der Waals surface area contributed by atoms with Crippen LogP contribution < -0.4 is 11.5 Å². The normalized spacial score (nSPS) is 12.1. The molecular weight excluding hydrogens is 220 g/mol. The molecule has 0 bridgehead atoms. The van der Waals surface area contributed by atoms with E-state index in [1.165, 1.54) is 0 Å². The molecule has 0 aromatic rings. The molecular formula is C11H24N4O2. The highest BCUT2D eigenvalue weighted by Gasteiger charge is 2.12. The summed E-state index contributed by atoms with van der Waals surface area (Å²) in [6, 6.07) is -0.820. The van der Waals surface area contributed by atoms with Gasteiger partial charge >= 0.3 is 5.97 Å². The van der Waals surface area contributed by atoms with Crippen molar-refractivity contribution in [1.29, 1.82) is 5.41 Å². The molecule has 0 aliphatic carbocycles. The third-order valence-electron chi connectivity index (χ3n) is 2.63. The van der Waals surface area contributed by atoms with Crippen LogP contribution in [0.2, 0.25) is 0 Å². The zero-order valence-electron chi connectivity index (χ0n) is 10.5. The van der Waals surface area contributed by atoms with Crippen LogP contribution in [0.25, 0.3) is 0 Å². The van der Waals surface area contributed by atoms with Crippen LogP contribution in [0.1, 0.15) is 39.0 Å². The van der Waals surface area contributed by atoms with Gasteiger partial charge in [-0.05, 0) is 19.3 Å². The Morgan fingerprint density at radius 3 is 2.41 bits per heavy atom. The second kappa shape index (κ2) is 8.81. The van der Waals surface area contributed by atoms with Gasteiger partial charge in [-0.25, -0.2) is 0 Å². The van der Waals surface area contributed by atoms with Gasteiger partial charge in [0.1, 0.15) is 6.04 Å². The van der Waals surface area contributed by atoms with Gasteiger partial charge < -0.3 is 21.5 Å². The molecule has 0 spiro atoms. The number of carboxylic acid groups (broad SMARTS) is 1. The molecule has 6 heteroatoms. The van der Waals surface area contributed by atoms with Gasteiger partial charge in [-0.1, -0.05) is 19.8 Å². The molecule has 0 amide bonds. The first-order valence-electron chi connectivity index (χ1n) is 6.06. The van der Waals surface area contributed by atoms with Gasteiger partial charge in [-0.3, -0.25) is 10.2 Å². The van der Waals surface area contributed by atoms with Crippen molar-refractivity contribution < 1.29 is 9.90 Å². The van der Waals surface area contributed by atoms with Crippen molar-refractivity contribution in [2.75, 3.05) is 13.1 Å². The van der Waals surface area contributed by atoms with Gasteiger partial charge in [0, 0.05) is 13.1 Å². The summed E-state index contributed by atoms with van der Waals surface area (Å²) in [7, 11) is 0. The van der Waals surface area contributed by atoms with Gasteiger partial charge in [0.2, 0.25) is 0 Å². The lowest BCUT2D eigenvalue weighted by Crippen LogP contribution is -2.39. The fourth-order valence-corrected chi connectivity index (χ4v) is 1.53. The smallest absolute Gasteiger partial charge is 0.320 e. The minimum atomic E-state index is -0.981. The van der Waals surface area contributed by atoms with E-state index in [2.05, 4.69) is 6.92 Å². The van der Waals surface area contributed by atoms with E-state index in [0.717, 1.165) is 25.8 Å². The molecule has 0 heterocycles. The molecule has 0 saturated carbocycles. The van der Waals surface area contributed by atoms with E-state index in [4.69, 9.17) is 22.0 Å². The number of carboxylic acids is 1. The van der Waals surface area contributed by atoms with Gasteiger partial charge in [-0.2, -0.15) is 0 Å². The summed E-state index contributed by atoms with van der Waals surface area (Å²) in [4.78, 5) is 12.3. The van der Waals surface area contributed by atoms with Crippen LogP contribution >= 0.6 is 0 Å². The summed E-state index contributed by atoms with van der Waals surface area (Å²) in [5.74, 6) is -0.935. The Bertz CT molecular complexity index is 246. The lowest BCUT2D eigenvalue weighted by atomic mass is 10.1. The molecule has 6 nitrogen and oxygen atoms in total. The SMILES string of the molecule is CCCCCN(CCC[C@H](N)C(=O)O)C(=N)N. The number of guanidine groups is 1. The Labute approximate surface area is 102 Å². The zero-order valence-corrected chi connectivity index (χ0v) is 10.5. The summed E-state index contributed by atoms with van der Waals surface area (Å²) < 4.78 is 0. The molecule has 0 fully saturated rings. The monoisotopic (exact) mass is 244 g/mol. The van der Waals surface area contributed by atoms with Crippen LogP contribution in [0.5, 0.6) is 0 Å². The number of rotatable bonds is 9. The van der Waals surface area contributed by atoms with Crippen LogP contribution in [-0.2, 0) is 4.79 Å². The summed E-state index contributed by atoms with van der Waals surface area (Å²) >= 11 is 0. The first-order valence-corrected chi connectivity index (χ1v) is 6.06. The third kappa shape index (κ3) is 7.57. The first-order chi connectivity index (χ1) is 7.99. The molecule has 0 aliphatic rings. The van der Waals surface area contributed by atoms with E-state index in [1.54, 1.807) is 4.90 Å². The van der Waals surface area contributed by atoms with Crippen molar-refractivity contribution in [3.8, 4) is 0 Å². The van der Waals surface area contributed by atoms with Crippen molar-refractivity contribution in [3.05, 3.63) is 0 Å². The molecule has 0 radical (unpaired) electrons. The van der Waals surface area contributed by atoms with Gasteiger partial charge in [0.05, 0.1) is 0 Å². The summed E-state index contributed by atoms with van der Waals surface area (Å²) in [5.41, 5.74) is 10.9. The summed E-state index contributed by atoms with van der Waals surface area (Å²) in [6.45, 7) is 3.47. The largest absolute Gasteiger partial charge is 0.480 e. The molecule has 100 valence electrons. The number of unbranched alkanes of at least 4 members (excludes halogenated alkanes) is 2. The van der Waals surface area contributed by atoms with E-state index < -0.39 is 12.0 Å². The first kappa shape index (κ1) is 15.7. The van der Waals surface area contributed by atoms with E-state index in [9.17, 15) is 4.79 Å². The fourth-order valence-electron chi connectivity index (χ4n) is 1.53. The predicted octanol–water partition coefficient (Wildman–Crippen LogP) is 0.564. The number of nitrogens with one attached hydrogen (secondary N) is 1. The van der Waals surface area contributed by atoms with E-state index in [-0.39, 0.29) is 5.96 Å². The Balaban J connectivity index is 3.85. The average molecular weight is 244 g/mol. The molecule has 0 rings (SSSR count).